The lowest BCUT2D eigenvalue weighted by molar-refractivity contribution is 0.128. The van der Waals surface area contributed by atoms with Crippen LogP contribution < -0.4 is 0 Å². The summed E-state index contributed by atoms with van der Waals surface area (Å²) < 4.78 is 0. The molecule has 0 aliphatic carbocycles. The molecule has 0 saturated heterocycles. The summed E-state index contributed by atoms with van der Waals surface area (Å²) in [5.41, 5.74) is 0.487. The number of nitrogens with zero attached hydrogens (tertiary/aromatic N) is 1. The van der Waals surface area contributed by atoms with Crippen molar-refractivity contribution >= 4 is 15.9 Å². The minimum absolute atomic E-state index is 0.487. The second-order valence-electron chi connectivity index (χ2n) is 5.52. The standard InChI is InChI=1S/C15H32BrN/c1-6-10-15(12-16,11-7-2)13-17(5)14(8-3)9-4/h14H,6-13H2,1-5H3. The molecule has 0 spiro atoms. The van der Waals surface area contributed by atoms with E-state index in [2.05, 4.69) is 55.6 Å². The van der Waals surface area contributed by atoms with Crippen molar-refractivity contribution in [2.75, 3.05) is 18.9 Å². The Hall–Kier alpha value is 0.440. The van der Waals surface area contributed by atoms with Crippen LogP contribution in [-0.2, 0) is 0 Å². The van der Waals surface area contributed by atoms with Crippen molar-refractivity contribution in [3.05, 3.63) is 0 Å². The average molecular weight is 306 g/mol. The van der Waals surface area contributed by atoms with Gasteiger partial charge in [-0.3, -0.25) is 0 Å². The molecule has 1 nitrogen and oxygen atoms in total. The molecule has 0 aromatic rings. The fourth-order valence-electron chi connectivity index (χ4n) is 3.09. The van der Waals surface area contributed by atoms with Gasteiger partial charge >= 0.3 is 0 Å². The first-order valence-electron chi connectivity index (χ1n) is 7.35. The molecule has 0 rings (SSSR count). The number of hydrogen-bond donors (Lipinski definition) is 0. The molecule has 0 aromatic heterocycles. The van der Waals surface area contributed by atoms with Gasteiger partial charge in [-0.2, -0.15) is 0 Å². The quantitative estimate of drug-likeness (QED) is 0.508. The van der Waals surface area contributed by atoms with Crippen LogP contribution in [0, 0.1) is 5.41 Å². The normalized spacial score (nSPS) is 12.7. The third kappa shape index (κ3) is 5.74. The van der Waals surface area contributed by atoms with Crippen LogP contribution >= 0.6 is 15.9 Å². The molecule has 0 heterocycles. The summed E-state index contributed by atoms with van der Waals surface area (Å²) in [5, 5.41) is 1.15. The summed E-state index contributed by atoms with van der Waals surface area (Å²) in [6.07, 6.45) is 7.81. The molecule has 0 saturated carbocycles. The smallest absolute Gasteiger partial charge is 0.0100 e. The minimum Gasteiger partial charge on any atom is -0.303 e. The number of hydrogen-bond acceptors (Lipinski definition) is 1. The van der Waals surface area contributed by atoms with Crippen LogP contribution in [0.4, 0.5) is 0 Å². The van der Waals surface area contributed by atoms with Gasteiger partial charge in [0.1, 0.15) is 0 Å². The van der Waals surface area contributed by atoms with Crippen LogP contribution in [0.15, 0.2) is 0 Å². The van der Waals surface area contributed by atoms with Gasteiger partial charge < -0.3 is 4.90 Å². The third-order valence-electron chi connectivity index (χ3n) is 3.99. The lowest BCUT2D eigenvalue weighted by Gasteiger charge is -2.38. The average Bonchev–Trinajstić information content (AvgIpc) is 2.31. The molecule has 0 atom stereocenters. The number of halogens is 1. The Labute approximate surface area is 117 Å². The summed E-state index contributed by atoms with van der Waals surface area (Å²) >= 11 is 3.77. The van der Waals surface area contributed by atoms with E-state index in [4.69, 9.17) is 0 Å². The zero-order valence-corrected chi connectivity index (χ0v) is 14.1. The molecular formula is C15H32BrN. The zero-order chi connectivity index (χ0) is 13.3. The molecule has 104 valence electrons. The van der Waals surface area contributed by atoms with E-state index in [0.717, 1.165) is 11.4 Å². The summed E-state index contributed by atoms with van der Waals surface area (Å²) in [6, 6.07) is 0.752. The summed E-state index contributed by atoms with van der Waals surface area (Å²) in [6.45, 7) is 10.5. The maximum Gasteiger partial charge on any atom is 0.0100 e. The maximum atomic E-state index is 3.77. The molecule has 0 fully saturated rings. The van der Waals surface area contributed by atoms with Gasteiger partial charge in [-0.1, -0.05) is 56.5 Å². The van der Waals surface area contributed by atoms with Crippen LogP contribution in [-0.4, -0.2) is 29.9 Å². The van der Waals surface area contributed by atoms with Crippen molar-refractivity contribution in [1.29, 1.82) is 0 Å². The molecule has 17 heavy (non-hydrogen) atoms. The highest BCUT2D eigenvalue weighted by atomic mass is 79.9. The van der Waals surface area contributed by atoms with Crippen molar-refractivity contribution < 1.29 is 0 Å². The molecule has 0 amide bonds. The molecule has 2 heteroatoms. The first-order valence-corrected chi connectivity index (χ1v) is 8.47. The zero-order valence-electron chi connectivity index (χ0n) is 12.6. The number of rotatable bonds is 10. The minimum atomic E-state index is 0.487. The van der Waals surface area contributed by atoms with Crippen molar-refractivity contribution in [1.82, 2.24) is 4.90 Å². The molecule has 0 unspecified atom stereocenters. The van der Waals surface area contributed by atoms with Gasteiger partial charge in [0.2, 0.25) is 0 Å². The van der Waals surface area contributed by atoms with Gasteiger partial charge in [0.15, 0.2) is 0 Å². The predicted molar refractivity (Wildman–Crippen MR) is 83.0 cm³/mol. The monoisotopic (exact) mass is 305 g/mol. The van der Waals surface area contributed by atoms with Crippen LogP contribution in [0.2, 0.25) is 0 Å². The largest absolute Gasteiger partial charge is 0.303 e. The summed E-state index contributed by atoms with van der Waals surface area (Å²) in [7, 11) is 2.31. The SMILES string of the molecule is CCCC(CBr)(CCC)CN(C)C(CC)CC. The third-order valence-corrected chi connectivity index (χ3v) is 5.18. The molecule has 0 aliphatic rings. The van der Waals surface area contributed by atoms with Crippen LogP contribution in [0.5, 0.6) is 0 Å². The Morgan fingerprint density at radius 3 is 1.76 bits per heavy atom. The van der Waals surface area contributed by atoms with Crippen LogP contribution in [0.1, 0.15) is 66.2 Å². The highest BCUT2D eigenvalue weighted by molar-refractivity contribution is 9.09. The van der Waals surface area contributed by atoms with E-state index in [0.29, 0.717) is 5.41 Å². The maximum absolute atomic E-state index is 3.77. The van der Waals surface area contributed by atoms with Gasteiger partial charge in [0.05, 0.1) is 0 Å². The van der Waals surface area contributed by atoms with E-state index in [9.17, 15) is 0 Å². The predicted octanol–water partition coefficient (Wildman–Crippen LogP) is 5.09. The van der Waals surface area contributed by atoms with E-state index in [-0.39, 0.29) is 0 Å². The fraction of sp³-hybridized carbons (Fsp3) is 1.00. The van der Waals surface area contributed by atoms with Crippen molar-refractivity contribution in [3.8, 4) is 0 Å². The summed E-state index contributed by atoms with van der Waals surface area (Å²) in [4.78, 5) is 2.59. The van der Waals surface area contributed by atoms with E-state index in [1.807, 2.05) is 0 Å². The number of alkyl halides is 1. The van der Waals surface area contributed by atoms with Crippen LogP contribution in [0.3, 0.4) is 0 Å². The van der Waals surface area contributed by atoms with Gasteiger partial charge in [-0.05, 0) is 38.1 Å². The lowest BCUT2D eigenvalue weighted by Crippen LogP contribution is -2.42. The molecular weight excluding hydrogens is 274 g/mol. The highest BCUT2D eigenvalue weighted by Crippen LogP contribution is 2.33. The first-order chi connectivity index (χ1) is 8.09. The van der Waals surface area contributed by atoms with Crippen LogP contribution in [0.25, 0.3) is 0 Å². The second kappa shape index (κ2) is 9.38. The Morgan fingerprint density at radius 1 is 1.00 bits per heavy atom. The van der Waals surface area contributed by atoms with E-state index >= 15 is 0 Å². The molecule has 0 aliphatic heterocycles. The Kier molecular flexibility index (Phi) is 9.62. The highest BCUT2D eigenvalue weighted by Gasteiger charge is 2.30. The van der Waals surface area contributed by atoms with Crippen molar-refractivity contribution in [3.63, 3.8) is 0 Å². The first kappa shape index (κ1) is 17.4. The van der Waals surface area contributed by atoms with Gasteiger partial charge in [-0.25, -0.2) is 0 Å². The Balaban J connectivity index is 4.59. The second-order valence-corrected chi connectivity index (χ2v) is 6.08. The van der Waals surface area contributed by atoms with Gasteiger partial charge in [-0.15, -0.1) is 0 Å². The van der Waals surface area contributed by atoms with Gasteiger partial charge in [0.25, 0.3) is 0 Å². The van der Waals surface area contributed by atoms with E-state index < -0.39 is 0 Å². The van der Waals surface area contributed by atoms with E-state index in [1.54, 1.807) is 0 Å². The molecule has 0 N–H and O–H groups in total. The Morgan fingerprint density at radius 2 is 1.47 bits per heavy atom. The lowest BCUT2D eigenvalue weighted by atomic mass is 9.80. The fourth-order valence-corrected chi connectivity index (χ4v) is 3.83. The molecule has 0 bridgehead atoms. The summed E-state index contributed by atoms with van der Waals surface area (Å²) in [5.74, 6) is 0. The van der Waals surface area contributed by atoms with Crippen molar-refractivity contribution in [2.24, 2.45) is 5.41 Å². The molecule has 0 aromatic carbocycles. The van der Waals surface area contributed by atoms with Gasteiger partial charge in [0, 0.05) is 17.9 Å². The Bertz CT molecular complexity index is 172. The molecule has 0 radical (unpaired) electrons. The topological polar surface area (TPSA) is 3.24 Å². The van der Waals surface area contributed by atoms with Crippen molar-refractivity contribution in [2.45, 2.75) is 72.3 Å². The van der Waals surface area contributed by atoms with E-state index in [1.165, 1.54) is 45.1 Å².